The molecular formula is C11H13F2NS. The zero-order valence-electron chi connectivity index (χ0n) is 8.92. The van der Waals surface area contributed by atoms with Gasteiger partial charge < -0.3 is 0 Å². The van der Waals surface area contributed by atoms with E-state index in [0.29, 0.717) is 0 Å². The van der Waals surface area contributed by atoms with E-state index in [2.05, 4.69) is 4.99 Å². The molecule has 0 fully saturated rings. The summed E-state index contributed by atoms with van der Waals surface area (Å²) in [5.74, 6) is -1.08. The van der Waals surface area contributed by atoms with E-state index < -0.39 is 11.6 Å². The Kier molecular flexibility index (Phi) is 4.27. The van der Waals surface area contributed by atoms with Crippen LogP contribution in [0.5, 0.6) is 0 Å². The fraction of sp³-hybridized carbons (Fsp3) is 0.364. The van der Waals surface area contributed by atoms with Crippen molar-refractivity contribution in [1.29, 1.82) is 0 Å². The first-order chi connectivity index (χ1) is 7.06. The molecule has 0 aliphatic heterocycles. The maximum atomic E-state index is 13.3. The van der Waals surface area contributed by atoms with Gasteiger partial charge in [0.05, 0.1) is 5.04 Å². The lowest BCUT2D eigenvalue weighted by atomic mass is 10.2. The Hall–Kier alpha value is -0.900. The van der Waals surface area contributed by atoms with Crippen molar-refractivity contribution >= 4 is 22.5 Å². The van der Waals surface area contributed by atoms with E-state index >= 15 is 0 Å². The highest BCUT2D eigenvalue weighted by Gasteiger charge is 2.10. The van der Waals surface area contributed by atoms with E-state index in [1.54, 1.807) is 0 Å². The number of para-hydroxylation sites is 1. The lowest BCUT2D eigenvalue weighted by Gasteiger charge is -2.07. The van der Waals surface area contributed by atoms with Crippen LogP contribution < -0.4 is 0 Å². The van der Waals surface area contributed by atoms with Crippen LogP contribution in [0.15, 0.2) is 23.2 Å². The normalized spacial score (nSPS) is 12.3. The van der Waals surface area contributed by atoms with Gasteiger partial charge in [0.1, 0.15) is 5.69 Å². The molecule has 0 amide bonds. The summed E-state index contributed by atoms with van der Waals surface area (Å²) in [4.78, 5) is 4.01. The molecule has 1 nitrogen and oxygen atoms in total. The summed E-state index contributed by atoms with van der Waals surface area (Å²) in [5.41, 5.74) is -0.199. The number of hydrogen-bond donors (Lipinski definition) is 0. The van der Waals surface area contributed by atoms with Gasteiger partial charge >= 0.3 is 0 Å². The molecule has 0 aliphatic rings. The molecule has 0 saturated heterocycles. The molecule has 82 valence electrons. The molecule has 0 atom stereocenters. The minimum Gasteiger partial charge on any atom is -0.240 e. The molecule has 0 spiro atoms. The van der Waals surface area contributed by atoms with Crippen molar-refractivity contribution in [2.45, 2.75) is 13.8 Å². The van der Waals surface area contributed by atoms with Gasteiger partial charge in [-0.05, 0) is 18.4 Å². The monoisotopic (exact) mass is 229 g/mol. The third kappa shape index (κ3) is 3.02. The van der Waals surface area contributed by atoms with Crippen LogP contribution in [-0.2, 0) is 0 Å². The van der Waals surface area contributed by atoms with Gasteiger partial charge in [-0.3, -0.25) is 0 Å². The fourth-order valence-corrected chi connectivity index (χ4v) is 1.77. The molecule has 0 radical (unpaired) electrons. The first-order valence-corrected chi connectivity index (χ1v) is 5.85. The predicted octanol–water partition coefficient (Wildman–Crippen LogP) is 4.01. The second kappa shape index (κ2) is 5.26. The number of rotatable bonds is 2. The summed E-state index contributed by atoms with van der Waals surface area (Å²) < 4.78 is 26.5. The van der Waals surface area contributed by atoms with E-state index in [-0.39, 0.29) is 11.6 Å². The quantitative estimate of drug-likeness (QED) is 0.551. The van der Waals surface area contributed by atoms with Crippen LogP contribution in [0, 0.1) is 17.6 Å². The van der Waals surface area contributed by atoms with E-state index in [9.17, 15) is 8.78 Å². The molecular weight excluding hydrogens is 216 g/mol. The molecule has 1 rings (SSSR count). The molecule has 0 heterocycles. The molecule has 0 aliphatic carbocycles. The summed E-state index contributed by atoms with van der Waals surface area (Å²) >= 11 is 1.41. The molecule has 0 unspecified atom stereocenters. The minimum atomic E-state index is -0.623. The Balaban J connectivity index is 3.16. The van der Waals surface area contributed by atoms with Gasteiger partial charge in [-0.1, -0.05) is 19.9 Å². The molecule has 0 bridgehead atoms. The summed E-state index contributed by atoms with van der Waals surface area (Å²) in [6, 6.07) is 3.75. The first-order valence-electron chi connectivity index (χ1n) is 4.62. The Bertz CT molecular complexity index is 355. The third-order valence-electron chi connectivity index (χ3n) is 1.86. The predicted molar refractivity (Wildman–Crippen MR) is 61.8 cm³/mol. The number of aliphatic imine (C=N–C) groups is 1. The van der Waals surface area contributed by atoms with Gasteiger partial charge in [0.15, 0.2) is 11.6 Å². The van der Waals surface area contributed by atoms with Gasteiger partial charge in [-0.2, -0.15) is 0 Å². The number of benzene rings is 1. The molecule has 0 aromatic heterocycles. The Morgan fingerprint density at radius 2 is 1.80 bits per heavy atom. The summed E-state index contributed by atoms with van der Waals surface area (Å²) in [7, 11) is 0. The first kappa shape index (κ1) is 12.2. The summed E-state index contributed by atoms with van der Waals surface area (Å²) in [6.45, 7) is 3.88. The van der Waals surface area contributed by atoms with Crippen LogP contribution in [0.2, 0.25) is 0 Å². The van der Waals surface area contributed by atoms with Crippen LogP contribution in [0.25, 0.3) is 0 Å². The average molecular weight is 229 g/mol. The van der Waals surface area contributed by atoms with Crippen LogP contribution >= 0.6 is 11.8 Å². The zero-order valence-corrected chi connectivity index (χ0v) is 9.74. The van der Waals surface area contributed by atoms with Crippen molar-refractivity contribution in [3.8, 4) is 0 Å². The van der Waals surface area contributed by atoms with E-state index in [1.165, 1.54) is 30.0 Å². The number of hydrogen-bond acceptors (Lipinski definition) is 2. The Morgan fingerprint density at radius 1 is 1.27 bits per heavy atom. The fourth-order valence-electron chi connectivity index (χ4n) is 1.12. The van der Waals surface area contributed by atoms with E-state index in [4.69, 9.17) is 0 Å². The topological polar surface area (TPSA) is 12.4 Å². The summed E-state index contributed by atoms with van der Waals surface area (Å²) in [6.07, 6.45) is 1.84. The highest BCUT2D eigenvalue weighted by Crippen LogP contribution is 2.24. The Morgan fingerprint density at radius 3 is 2.20 bits per heavy atom. The lowest BCUT2D eigenvalue weighted by molar-refractivity contribution is 0.587. The number of halogens is 2. The second-order valence-electron chi connectivity index (χ2n) is 3.38. The molecule has 1 aromatic rings. The van der Waals surface area contributed by atoms with Crippen LogP contribution in [-0.4, -0.2) is 11.3 Å². The van der Waals surface area contributed by atoms with Gasteiger partial charge in [-0.15, -0.1) is 11.8 Å². The van der Waals surface area contributed by atoms with Gasteiger partial charge in [-0.25, -0.2) is 13.8 Å². The zero-order chi connectivity index (χ0) is 11.4. The molecule has 0 saturated carbocycles. The molecule has 0 N–H and O–H groups in total. The second-order valence-corrected chi connectivity index (χ2v) is 4.21. The van der Waals surface area contributed by atoms with Crippen LogP contribution in [0.4, 0.5) is 14.5 Å². The van der Waals surface area contributed by atoms with Crippen molar-refractivity contribution in [3.05, 3.63) is 29.8 Å². The molecule has 4 heteroatoms. The van der Waals surface area contributed by atoms with Crippen molar-refractivity contribution < 1.29 is 8.78 Å². The van der Waals surface area contributed by atoms with E-state index in [1.807, 2.05) is 20.1 Å². The van der Waals surface area contributed by atoms with Crippen LogP contribution in [0.3, 0.4) is 0 Å². The van der Waals surface area contributed by atoms with Gasteiger partial charge in [0.2, 0.25) is 0 Å². The Labute approximate surface area is 92.6 Å². The third-order valence-corrected chi connectivity index (χ3v) is 2.84. The summed E-state index contributed by atoms with van der Waals surface area (Å²) in [5, 5.41) is 0.721. The maximum absolute atomic E-state index is 13.3. The highest BCUT2D eigenvalue weighted by atomic mass is 32.2. The number of nitrogens with zero attached hydrogens (tertiary/aromatic N) is 1. The van der Waals surface area contributed by atoms with E-state index in [0.717, 1.165) is 5.04 Å². The largest absolute Gasteiger partial charge is 0.240 e. The highest BCUT2D eigenvalue weighted by molar-refractivity contribution is 8.13. The van der Waals surface area contributed by atoms with Crippen molar-refractivity contribution in [2.75, 3.05) is 6.26 Å². The average Bonchev–Trinajstić information content (AvgIpc) is 2.17. The van der Waals surface area contributed by atoms with Gasteiger partial charge in [0.25, 0.3) is 0 Å². The smallest absolute Gasteiger partial charge is 0.151 e. The minimum absolute atomic E-state index is 0.166. The van der Waals surface area contributed by atoms with Crippen molar-refractivity contribution in [2.24, 2.45) is 10.9 Å². The SMILES string of the molecule is CSC(=Nc1c(F)cccc1F)C(C)C. The van der Waals surface area contributed by atoms with Crippen molar-refractivity contribution in [3.63, 3.8) is 0 Å². The standard InChI is InChI=1S/C11H13F2NS/c1-7(2)11(15-3)14-10-8(12)5-4-6-9(10)13/h4-7H,1-3H3. The van der Waals surface area contributed by atoms with Crippen LogP contribution in [0.1, 0.15) is 13.8 Å². The lowest BCUT2D eigenvalue weighted by Crippen LogP contribution is -2.01. The number of thioether (sulfide) groups is 1. The molecule has 15 heavy (non-hydrogen) atoms. The maximum Gasteiger partial charge on any atom is 0.151 e. The van der Waals surface area contributed by atoms with Crippen molar-refractivity contribution in [1.82, 2.24) is 0 Å². The van der Waals surface area contributed by atoms with Gasteiger partial charge in [0, 0.05) is 5.92 Å². The molecule has 1 aromatic carbocycles.